The summed E-state index contributed by atoms with van der Waals surface area (Å²) in [5.41, 5.74) is 3.75. The van der Waals surface area contributed by atoms with E-state index in [4.69, 9.17) is 11.6 Å². The highest BCUT2D eigenvalue weighted by Crippen LogP contribution is 2.51. The molecule has 0 saturated heterocycles. The van der Waals surface area contributed by atoms with Gasteiger partial charge in [0.25, 0.3) is 0 Å². The van der Waals surface area contributed by atoms with E-state index in [-0.39, 0.29) is 0 Å². The van der Waals surface area contributed by atoms with E-state index in [1.54, 1.807) is 0 Å². The first-order valence-electron chi connectivity index (χ1n) is 7.21. The van der Waals surface area contributed by atoms with Crippen LogP contribution < -0.4 is 5.32 Å². The van der Waals surface area contributed by atoms with Crippen LogP contribution in [0, 0.1) is 5.92 Å². The van der Waals surface area contributed by atoms with Crippen molar-refractivity contribution >= 4 is 33.2 Å². The molecule has 0 fully saturated rings. The van der Waals surface area contributed by atoms with Crippen molar-refractivity contribution < 1.29 is 0 Å². The van der Waals surface area contributed by atoms with Gasteiger partial charge in [0.15, 0.2) is 0 Å². The van der Waals surface area contributed by atoms with Crippen molar-refractivity contribution in [1.82, 2.24) is 0 Å². The number of hydrogen-bond acceptors (Lipinski definition) is 1. The average molecular weight is 361 g/mol. The predicted octanol–water partition coefficient (Wildman–Crippen LogP) is 5.93. The van der Waals surface area contributed by atoms with E-state index in [1.807, 2.05) is 12.1 Å². The van der Waals surface area contributed by atoms with Gasteiger partial charge in [-0.05, 0) is 41.7 Å². The molecule has 0 radical (unpaired) electrons. The third-order valence-electron chi connectivity index (χ3n) is 4.58. The minimum atomic E-state index is 0.311. The highest BCUT2D eigenvalue weighted by molar-refractivity contribution is 9.10. The SMILES string of the molecule is Clc1cccc2c1N[C@@H](c1ccc(Br)cc1)[C@H]1CC=C[C@@H]21. The van der Waals surface area contributed by atoms with E-state index in [0.29, 0.717) is 17.9 Å². The van der Waals surface area contributed by atoms with E-state index in [2.05, 4.69) is 63.7 Å². The Morgan fingerprint density at radius 3 is 2.71 bits per heavy atom. The first kappa shape index (κ1) is 13.4. The fourth-order valence-corrected chi connectivity index (χ4v) is 4.08. The van der Waals surface area contributed by atoms with Gasteiger partial charge >= 0.3 is 0 Å². The van der Waals surface area contributed by atoms with Crippen molar-refractivity contribution in [2.45, 2.75) is 18.4 Å². The monoisotopic (exact) mass is 359 g/mol. The Morgan fingerprint density at radius 2 is 1.90 bits per heavy atom. The highest BCUT2D eigenvalue weighted by atomic mass is 79.9. The molecule has 0 aromatic heterocycles. The summed E-state index contributed by atoms with van der Waals surface area (Å²) in [5.74, 6) is 1.03. The smallest absolute Gasteiger partial charge is 0.0640 e. The third-order valence-corrected chi connectivity index (χ3v) is 5.42. The second kappa shape index (κ2) is 5.19. The molecule has 0 amide bonds. The molecule has 0 bridgehead atoms. The quantitative estimate of drug-likeness (QED) is 0.622. The lowest BCUT2D eigenvalue weighted by atomic mass is 9.77. The summed E-state index contributed by atoms with van der Waals surface area (Å²) in [5, 5.41) is 4.50. The van der Waals surface area contributed by atoms with Crippen molar-refractivity contribution in [3.05, 3.63) is 75.2 Å². The fourth-order valence-electron chi connectivity index (χ4n) is 3.58. The van der Waals surface area contributed by atoms with Crippen LogP contribution >= 0.6 is 27.5 Å². The van der Waals surface area contributed by atoms with Crippen LogP contribution in [-0.4, -0.2) is 0 Å². The van der Waals surface area contributed by atoms with Crippen LogP contribution in [0.25, 0.3) is 0 Å². The normalized spacial score (nSPS) is 26.1. The molecule has 3 heteroatoms. The lowest BCUT2D eigenvalue weighted by molar-refractivity contribution is 0.425. The van der Waals surface area contributed by atoms with Crippen molar-refractivity contribution in [3.63, 3.8) is 0 Å². The second-order valence-corrected chi connectivity index (χ2v) is 7.05. The van der Waals surface area contributed by atoms with Crippen LogP contribution in [0.2, 0.25) is 5.02 Å². The Labute approximate surface area is 138 Å². The van der Waals surface area contributed by atoms with E-state index >= 15 is 0 Å². The van der Waals surface area contributed by atoms with E-state index in [9.17, 15) is 0 Å². The average Bonchev–Trinajstić information content (AvgIpc) is 2.98. The van der Waals surface area contributed by atoms with Crippen molar-refractivity contribution in [3.8, 4) is 0 Å². The molecule has 2 aliphatic rings. The number of allylic oxidation sites excluding steroid dienone is 2. The van der Waals surface area contributed by atoms with E-state index < -0.39 is 0 Å². The van der Waals surface area contributed by atoms with Gasteiger partial charge in [0.05, 0.1) is 16.8 Å². The van der Waals surface area contributed by atoms with Gasteiger partial charge in [0, 0.05) is 10.4 Å². The molecule has 1 N–H and O–H groups in total. The zero-order valence-corrected chi connectivity index (χ0v) is 13.7. The number of halogens is 2. The van der Waals surface area contributed by atoms with Gasteiger partial charge < -0.3 is 5.32 Å². The lowest BCUT2D eigenvalue weighted by Gasteiger charge is -2.38. The Balaban J connectivity index is 1.81. The summed E-state index contributed by atoms with van der Waals surface area (Å²) in [6.45, 7) is 0. The number of hydrogen-bond donors (Lipinski definition) is 1. The number of anilines is 1. The topological polar surface area (TPSA) is 12.0 Å². The maximum Gasteiger partial charge on any atom is 0.0640 e. The van der Waals surface area contributed by atoms with Gasteiger partial charge in [-0.1, -0.05) is 63.9 Å². The molecule has 0 spiro atoms. The summed E-state index contributed by atoms with van der Waals surface area (Å²) in [7, 11) is 0. The van der Waals surface area contributed by atoms with Crippen molar-refractivity contribution in [2.24, 2.45) is 5.92 Å². The summed E-state index contributed by atoms with van der Waals surface area (Å²) in [6, 6.07) is 15.1. The molecule has 0 unspecified atom stereocenters. The maximum absolute atomic E-state index is 6.42. The molecule has 1 heterocycles. The van der Waals surface area contributed by atoms with Crippen LogP contribution in [0.5, 0.6) is 0 Å². The fraction of sp³-hybridized carbons (Fsp3) is 0.222. The van der Waals surface area contributed by atoms with Crippen LogP contribution in [-0.2, 0) is 0 Å². The molecule has 0 saturated carbocycles. The molecular formula is C18H15BrClN. The van der Waals surface area contributed by atoms with Gasteiger partial charge in [-0.15, -0.1) is 0 Å². The number of rotatable bonds is 1. The van der Waals surface area contributed by atoms with Crippen LogP contribution in [0.1, 0.15) is 29.5 Å². The molecule has 2 aromatic carbocycles. The Bertz CT molecular complexity index is 708. The number of para-hydroxylation sites is 1. The standard InChI is InChI=1S/C18H15BrClN/c19-12-9-7-11(8-10-12)17-14-4-1-3-13(14)15-5-2-6-16(20)18(15)21-17/h1-3,5-10,13-14,17,21H,4H2/t13-,14+,17+/m1/s1. The summed E-state index contributed by atoms with van der Waals surface area (Å²) >= 11 is 9.93. The largest absolute Gasteiger partial charge is 0.376 e. The molecule has 3 atom stereocenters. The lowest BCUT2D eigenvalue weighted by Crippen LogP contribution is -2.29. The van der Waals surface area contributed by atoms with Crippen LogP contribution in [0.4, 0.5) is 5.69 Å². The van der Waals surface area contributed by atoms with E-state index in [1.165, 1.54) is 11.1 Å². The van der Waals surface area contributed by atoms with Crippen LogP contribution in [0.3, 0.4) is 0 Å². The zero-order chi connectivity index (χ0) is 14.4. The summed E-state index contributed by atoms with van der Waals surface area (Å²) < 4.78 is 1.11. The van der Waals surface area contributed by atoms with Gasteiger partial charge in [-0.3, -0.25) is 0 Å². The van der Waals surface area contributed by atoms with Crippen LogP contribution in [0.15, 0.2) is 59.1 Å². The number of fused-ring (bicyclic) bond motifs is 3. The van der Waals surface area contributed by atoms with Crippen molar-refractivity contribution in [1.29, 1.82) is 0 Å². The van der Waals surface area contributed by atoms with Gasteiger partial charge in [0.1, 0.15) is 0 Å². The molecule has 106 valence electrons. The first-order chi connectivity index (χ1) is 10.2. The molecule has 1 aliphatic carbocycles. The van der Waals surface area contributed by atoms with Gasteiger partial charge in [-0.2, -0.15) is 0 Å². The highest BCUT2D eigenvalue weighted by Gasteiger charge is 2.38. The Kier molecular flexibility index (Phi) is 3.31. The van der Waals surface area contributed by atoms with E-state index in [0.717, 1.165) is 21.6 Å². The predicted molar refractivity (Wildman–Crippen MR) is 91.9 cm³/mol. The molecular weight excluding hydrogens is 346 g/mol. The molecule has 1 nitrogen and oxygen atoms in total. The Morgan fingerprint density at radius 1 is 1.10 bits per heavy atom. The van der Waals surface area contributed by atoms with Gasteiger partial charge in [-0.25, -0.2) is 0 Å². The number of benzene rings is 2. The minimum absolute atomic E-state index is 0.311. The summed E-state index contributed by atoms with van der Waals surface area (Å²) in [4.78, 5) is 0. The second-order valence-electron chi connectivity index (χ2n) is 5.73. The molecule has 1 aliphatic heterocycles. The summed E-state index contributed by atoms with van der Waals surface area (Å²) in [6.07, 6.45) is 5.76. The minimum Gasteiger partial charge on any atom is -0.376 e. The van der Waals surface area contributed by atoms with Crippen molar-refractivity contribution in [2.75, 3.05) is 5.32 Å². The number of nitrogens with one attached hydrogen (secondary N) is 1. The maximum atomic E-state index is 6.42. The zero-order valence-electron chi connectivity index (χ0n) is 11.4. The molecule has 21 heavy (non-hydrogen) atoms. The Hall–Kier alpha value is -1.25. The van der Waals surface area contributed by atoms with Gasteiger partial charge in [0.2, 0.25) is 0 Å². The first-order valence-corrected chi connectivity index (χ1v) is 8.38. The molecule has 2 aromatic rings. The third kappa shape index (κ3) is 2.21. The molecule has 4 rings (SSSR count).